The Kier molecular flexibility index (Phi) is 4.64. The lowest BCUT2D eigenvalue weighted by atomic mass is 9.86. The zero-order valence-corrected chi connectivity index (χ0v) is 28.6. The van der Waals surface area contributed by atoms with E-state index in [0.29, 0.717) is 5.56 Å². The average Bonchev–Trinajstić information content (AvgIpc) is 3.73. The highest BCUT2D eigenvalue weighted by atomic mass is 16.3. The summed E-state index contributed by atoms with van der Waals surface area (Å²) in [4.78, 5) is 0. The molecule has 0 saturated heterocycles. The molecule has 0 amide bonds. The maximum atomic E-state index is 9.30. The van der Waals surface area contributed by atoms with E-state index in [1.807, 2.05) is 60.7 Å². The van der Waals surface area contributed by atoms with Crippen molar-refractivity contribution in [3.05, 3.63) is 205 Å². The fourth-order valence-electron chi connectivity index (χ4n) is 7.95. The van der Waals surface area contributed by atoms with Gasteiger partial charge in [0.05, 0.1) is 17.8 Å². The standard InChI is InChI=1S/C53H34O/c1-2-12-34(13-3-1)30-50-44-17-6-8-19-47(44)52(48-20-9-7-18-45(48)50)40-27-25-36-31-38(26-24-37(36)32-40)43-22-11-23-49-46-29-28-39(33-51(46)54-53(43)49)42-21-10-15-35-14-4-5-16-41(35)42/h1-29,31-33H,30H2/i1D,2D,3D,6D,7D,8D,9D,12D,13D,17D,18D,19D,20D. The Morgan fingerprint density at radius 2 is 1.00 bits per heavy atom. The van der Waals surface area contributed by atoms with Gasteiger partial charge in [-0.15, -0.1) is 0 Å². The molecule has 252 valence electrons. The summed E-state index contributed by atoms with van der Waals surface area (Å²) < 4.78 is 121. The Morgan fingerprint density at radius 1 is 0.407 bits per heavy atom. The smallest absolute Gasteiger partial charge is 0.143 e. The predicted molar refractivity (Wildman–Crippen MR) is 229 cm³/mol. The van der Waals surface area contributed by atoms with Gasteiger partial charge in [-0.05, 0) is 113 Å². The van der Waals surface area contributed by atoms with E-state index >= 15 is 0 Å². The van der Waals surface area contributed by atoms with Crippen molar-refractivity contribution in [2.75, 3.05) is 0 Å². The van der Waals surface area contributed by atoms with Crippen LogP contribution in [0.3, 0.4) is 0 Å². The van der Waals surface area contributed by atoms with E-state index in [4.69, 9.17) is 16.8 Å². The predicted octanol–water partition coefficient (Wildman–Crippen LogP) is 14.8. The molecule has 1 heteroatoms. The number of para-hydroxylation sites is 1. The molecule has 0 unspecified atom stereocenters. The van der Waals surface area contributed by atoms with Crippen molar-refractivity contribution in [3.63, 3.8) is 0 Å². The largest absolute Gasteiger partial charge is 0.455 e. The number of benzene rings is 10. The molecular formula is C53H34O. The average molecular weight is 700 g/mol. The second-order valence-electron chi connectivity index (χ2n) is 13.4. The first-order valence-corrected chi connectivity index (χ1v) is 17.6. The van der Waals surface area contributed by atoms with Crippen LogP contribution in [0.5, 0.6) is 0 Å². The molecule has 1 aromatic heterocycles. The van der Waals surface area contributed by atoms with Gasteiger partial charge in [0, 0.05) is 16.3 Å². The quantitative estimate of drug-likeness (QED) is 0.163. The van der Waals surface area contributed by atoms with Gasteiger partial charge in [-0.3, -0.25) is 0 Å². The second kappa shape index (κ2) is 12.3. The highest BCUT2D eigenvalue weighted by Crippen LogP contribution is 2.43. The SMILES string of the molecule is [2H]c1c([2H])c([2H])c(Cc2c3c([2H])c([2H])c([2H])c([2H])c3c(-c3ccc4cc(-c5cccc6c5oc5cc(-c7cccc8ccccc78)ccc56)ccc4c3)c3c([2H])c([2H])c([2H])c([2H])c23)c([2H])c1[2H]. The summed E-state index contributed by atoms with van der Waals surface area (Å²) in [6.45, 7) is 0. The van der Waals surface area contributed by atoms with Gasteiger partial charge in [-0.25, -0.2) is 0 Å². The fraction of sp³-hybridized carbons (Fsp3) is 0.0189. The van der Waals surface area contributed by atoms with Crippen molar-refractivity contribution >= 4 is 65.0 Å². The van der Waals surface area contributed by atoms with Crippen LogP contribution in [0.4, 0.5) is 0 Å². The van der Waals surface area contributed by atoms with Crippen LogP contribution in [0.15, 0.2) is 198 Å². The van der Waals surface area contributed by atoms with Crippen molar-refractivity contribution in [1.29, 1.82) is 0 Å². The minimum Gasteiger partial charge on any atom is -0.455 e. The first-order chi connectivity index (χ1) is 32.2. The van der Waals surface area contributed by atoms with Crippen LogP contribution in [0.1, 0.15) is 28.9 Å². The lowest BCUT2D eigenvalue weighted by Gasteiger charge is -2.18. The summed E-state index contributed by atoms with van der Waals surface area (Å²) >= 11 is 0. The molecule has 0 aliphatic rings. The van der Waals surface area contributed by atoms with E-state index in [1.54, 1.807) is 6.07 Å². The molecule has 0 N–H and O–H groups in total. The Morgan fingerprint density at radius 3 is 1.80 bits per heavy atom. The third-order valence-corrected chi connectivity index (χ3v) is 10.4. The molecule has 0 spiro atoms. The molecule has 0 fully saturated rings. The Labute approximate surface area is 331 Å². The van der Waals surface area contributed by atoms with Gasteiger partial charge in [0.25, 0.3) is 0 Å². The zero-order valence-electron chi connectivity index (χ0n) is 41.6. The number of rotatable bonds is 5. The normalized spacial score (nSPS) is 15.1. The third-order valence-electron chi connectivity index (χ3n) is 10.4. The van der Waals surface area contributed by atoms with E-state index in [-0.39, 0.29) is 38.2 Å². The molecule has 0 atom stereocenters. The minimum absolute atomic E-state index is 0.0127. The van der Waals surface area contributed by atoms with Gasteiger partial charge in [0.1, 0.15) is 11.2 Å². The maximum absolute atomic E-state index is 9.30. The van der Waals surface area contributed by atoms with Gasteiger partial charge >= 0.3 is 0 Å². The molecule has 11 aromatic rings. The van der Waals surface area contributed by atoms with E-state index in [1.165, 1.54) is 0 Å². The highest BCUT2D eigenvalue weighted by molar-refractivity contribution is 6.16. The number of hydrogen-bond acceptors (Lipinski definition) is 1. The van der Waals surface area contributed by atoms with Crippen molar-refractivity contribution in [2.24, 2.45) is 0 Å². The molecule has 54 heavy (non-hydrogen) atoms. The zero-order chi connectivity index (χ0) is 46.9. The molecular weight excluding hydrogens is 653 g/mol. The van der Waals surface area contributed by atoms with E-state index in [0.717, 1.165) is 65.7 Å². The molecule has 1 nitrogen and oxygen atoms in total. The van der Waals surface area contributed by atoms with E-state index in [9.17, 15) is 5.48 Å². The molecule has 0 bridgehead atoms. The molecule has 10 aromatic carbocycles. The van der Waals surface area contributed by atoms with Gasteiger partial charge in [0.2, 0.25) is 0 Å². The summed E-state index contributed by atoms with van der Waals surface area (Å²) in [5.74, 6) is 0. The Bertz CT molecular complexity index is 3890. The van der Waals surface area contributed by atoms with Crippen molar-refractivity contribution < 1.29 is 22.2 Å². The van der Waals surface area contributed by atoms with Crippen LogP contribution >= 0.6 is 0 Å². The van der Waals surface area contributed by atoms with E-state index < -0.39 is 85.0 Å². The lowest BCUT2D eigenvalue weighted by Crippen LogP contribution is -1.95. The van der Waals surface area contributed by atoms with Crippen LogP contribution < -0.4 is 0 Å². The van der Waals surface area contributed by atoms with Crippen LogP contribution in [-0.2, 0) is 6.42 Å². The van der Waals surface area contributed by atoms with Gasteiger partial charge in [-0.2, -0.15) is 0 Å². The first kappa shape index (κ1) is 20.3. The third kappa shape index (κ3) is 4.94. The first-order valence-electron chi connectivity index (χ1n) is 24.1. The van der Waals surface area contributed by atoms with Crippen LogP contribution in [0.2, 0.25) is 0 Å². The van der Waals surface area contributed by atoms with Crippen LogP contribution in [0, 0.1) is 0 Å². The summed E-state index contributed by atoms with van der Waals surface area (Å²) in [7, 11) is 0. The minimum atomic E-state index is -0.616. The van der Waals surface area contributed by atoms with Gasteiger partial charge in [0.15, 0.2) is 0 Å². The number of furan rings is 1. The molecule has 0 aliphatic carbocycles. The fourth-order valence-corrected chi connectivity index (χ4v) is 7.95. The van der Waals surface area contributed by atoms with Crippen LogP contribution in [-0.4, -0.2) is 0 Å². The molecule has 1 heterocycles. The maximum Gasteiger partial charge on any atom is 0.143 e. The van der Waals surface area contributed by atoms with Gasteiger partial charge < -0.3 is 4.42 Å². The molecule has 0 saturated carbocycles. The summed E-state index contributed by atoms with van der Waals surface area (Å²) in [5, 5.41) is 5.61. The van der Waals surface area contributed by atoms with Crippen molar-refractivity contribution in [3.8, 4) is 33.4 Å². The Balaban J connectivity index is 1.11. The highest BCUT2D eigenvalue weighted by Gasteiger charge is 2.17. The summed E-state index contributed by atoms with van der Waals surface area (Å²) in [6, 6.07) is 31.2. The van der Waals surface area contributed by atoms with Crippen LogP contribution in [0.25, 0.3) is 98.4 Å². The topological polar surface area (TPSA) is 13.1 Å². The molecule has 0 radical (unpaired) electrons. The van der Waals surface area contributed by atoms with Crippen molar-refractivity contribution in [1.82, 2.24) is 0 Å². The van der Waals surface area contributed by atoms with Crippen molar-refractivity contribution in [2.45, 2.75) is 6.42 Å². The lowest BCUT2D eigenvalue weighted by molar-refractivity contribution is 0.670. The molecule has 11 rings (SSSR count). The second-order valence-corrected chi connectivity index (χ2v) is 13.4. The number of fused-ring (bicyclic) bond motifs is 7. The monoisotopic (exact) mass is 699 g/mol. The molecule has 0 aliphatic heterocycles. The summed E-state index contributed by atoms with van der Waals surface area (Å²) in [5.41, 5.74) is 5.77. The van der Waals surface area contributed by atoms with E-state index in [2.05, 4.69) is 48.5 Å². The summed E-state index contributed by atoms with van der Waals surface area (Å²) in [6.07, 6.45) is -0.489. The van der Waals surface area contributed by atoms with Gasteiger partial charge in [-0.1, -0.05) is 170 Å². The Hall–Kier alpha value is -6.96. The number of hydrogen-bond donors (Lipinski definition) is 0.